The Labute approximate surface area is 155 Å². The van der Waals surface area contributed by atoms with E-state index in [4.69, 9.17) is 0 Å². The van der Waals surface area contributed by atoms with E-state index in [1.165, 1.54) is 74.5 Å². The van der Waals surface area contributed by atoms with Gasteiger partial charge >= 0.3 is 0 Å². The lowest BCUT2D eigenvalue weighted by Crippen LogP contribution is -2.06. The maximum absolute atomic E-state index is 2.50. The fraction of sp³-hybridized carbons (Fsp3) is 0.520. The molecule has 0 radical (unpaired) electrons. The fourth-order valence-electron chi connectivity index (χ4n) is 3.89. The average molecular weight is 337 g/mol. The van der Waals surface area contributed by atoms with Crippen molar-refractivity contribution in [3.8, 4) is 11.1 Å². The molecule has 0 N–H and O–H groups in total. The Hall–Kier alpha value is -1.56. The first-order valence-electron chi connectivity index (χ1n) is 10.4. The van der Waals surface area contributed by atoms with E-state index in [9.17, 15) is 0 Å². The molecule has 0 aromatic heterocycles. The van der Waals surface area contributed by atoms with Crippen molar-refractivity contribution in [2.24, 2.45) is 0 Å². The van der Waals surface area contributed by atoms with Gasteiger partial charge in [0.05, 0.1) is 0 Å². The largest absolute Gasteiger partial charge is 0.0654 e. The molecular weight excluding hydrogens is 300 g/mol. The summed E-state index contributed by atoms with van der Waals surface area (Å²) in [5.74, 6) is 0. The van der Waals surface area contributed by atoms with E-state index < -0.39 is 0 Å². The molecule has 2 aromatic rings. The number of benzene rings is 2. The number of hydrogen-bond acceptors (Lipinski definition) is 0. The van der Waals surface area contributed by atoms with Gasteiger partial charge in [0.25, 0.3) is 0 Å². The van der Waals surface area contributed by atoms with Crippen molar-refractivity contribution < 1.29 is 0 Å². The summed E-state index contributed by atoms with van der Waals surface area (Å²) in [6.45, 7) is 9.23. The Balaban J connectivity index is 2.60. The van der Waals surface area contributed by atoms with E-state index in [1.807, 2.05) is 0 Å². The normalized spacial score (nSPS) is 11.0. The van der Waals surface area contributed by atoms with Gasteiger partial charge in [0, 0.05) is 0 Å². The van der Waals surface area contributed by atoms with Crippen LogP contribution in [0.4, 0.5) is 0 Å². The van der Waals surface area contributed by atoms with E-state index in [1.54, 1.807) is 16.7 Å². The van der Waals surface area contributed by atoms with E-state index in [0.29, 0.717) is 0 Å². The van der Waals surface area contributed by atoms with Gasteiger partial charge in [-0.2, -0.15) is 0 Å². The molecule has 0 nitrogen and oxygen atoms in total. The quantitative estimate of drug-likeness (QED) is 0.417. The van der Waals surface area contributed by atoms with Crippen molar-refractivity contribution >= 4 is 0 Å². The van der Waals surface area contributed by atoms with Crippen molar-refractivity contribution in [2.75, 3.05) is 0 Å². The monoisotopic (exact) mass is 336 g/mol. The molecule has 0 heterocycles. The third kappa shape index (κ3) is 5.21. The van der Waals surface area contributed by atoms with Crippen LogP contribution in [0.3, 0.4) is 0 Å². The SMILES string of the molecule is CCCCc1cc(C)c(-c2ccccc2)c(CCCC)c1CCCC. The van der Waals surface area contributed by atoms with Gasteiger partial charge in [-0.1, -0.05) is 76.4 Å². The van der Waals surface area contributed by atoms with Crippen LogP contribution in [0.2, 0.25) is 0 Å². The van der Waals surface area contributed by atoms with E-state index >= 15 is 0 Å². The Kier molecular flexibility index (Phi) is 8.25. The molecular formula is C25H36. The second-order valence-corrected chi connectivity index (χ2v) is 7.36. The molecule has 0 aliphatic carbocycles. The second-order valence-electron chi connectivity index (χ2n) is 7.36. The van der Waals surface area contributed by atoms with Crippen LogP contribution in [0.1, 0.15) is 81.5 Å². The van der Waals surface area contributed by atoms with Gasteiger partial charge in [0.1, 0.15) is 0 Å². The third-order valence-corrected chi connectivity index (χ3v) is 5.26. The number of aryl methyl sites for hydroxylation is 2. The molecule has 0 bridgehead atoms. The minimum atomic E-state index is 1.22. The topological polar surface area (TPSA) is 0 Å². The Morgan fingerprint density at radius 3 is 1.84 bits per heavy atom. The highest BCUT2D eigenvalue weighted by molar-refractivity contribution is 5.73. The molecule has 0 atom stereocenters. The van der Waals surface area contributed by atoms with Gasteiger partial charge in [-0.15, -0.1) is 0 Å². The van der Waals surface area contributed by atoms with Crippen LogP contribution in [0.15, 0.2) is 36.4 Å². The fourth-order valence-corrected chi connectivity index (χ4v) is 3.89. The van der Waals surface area contributed by atoms with Crippen LogP contribution < -0.4 is 0 Å². The lowest BCUT2D eigenvalue weighted by molar-refractivity contribution is 0.735. The molecule has 2 rings (SSSR count). The summed E-state index contributed by atoms with van der Waals surface area (Å²) in [5.41, 5.74) is 9.31. The van der Waals surface area contributed by atoms with Crippen LogP contribution >= 0.6 is 0 Å². The number of hydrogen-bond donors (Lipinski definition) is 0. The molecule has 0 fully saturated rings. The predicted molar refractivity (Wildman–Crippen MR) is 112 cm³/mol. The molecule has 0 saturated heterocycles. The van der Waals surface area contributed by atoms with E-state index in [2.05, 4.69) is 64.1 Å². The third-order valence-electron chi connectivity index (χ3n) is 5.26. The highest BCUT2D eigenvalue weighted by Gasteiger charge is 2.16. The first kappa shape index (κ1) is 19.8. The molecule has 2 aromatic carbocycles. The molecule has 0 amide bonds. The Morgan fingerprint density at radius 1 is 0.680 bits per heavy atom. The molecule has 0 spiro atoms. The highest BCUT2D eigenvalue weighted by Crippen LogP contribution is 2.35. The predicted octanol–water partition coefficient (Wildman–Crippen LogP) is 7.69. The Bertz CT molecular complexity index is 637. The summed E-state index contributed by atoms with van der Waals surface area (Å²) in [6.07, 6.45) is 11.4. The Morgan fingerprint density at radius 2 is 1.24 bits per heavy atom. The number of rotatable bonds is 10. The minimum Gasteiger partial charge on any atom is -0.0654 e. The highest BCUT2D eigenvalue weighted by atomic mass is 14.2. The van der Waals surface area contributed by atoms with Crippen molar-refractivity contribution in [2.45, 2.75) is 85.5 Å². The zero-order valence-corrected chi connectivity index (χ0v) is 16.8. The zero-order valence-electron chi connectivity index (χ0n) is 16.8. The summed E-state index contributed by atoms with van der Waals surface area (Å²) in [6, 6.07) is 13.5. The molecule has 0 heteroatoms. The van der Waals surface area contributed by atoms with Gasteiger partial charge in [0.2, 0.25) is 0 Å². The lowest BCUT2D eigenvalue weighted by Gasteiger charge is -2.22. The molecule has 25 heavy (non-hydrogen) atoms. The first-order chi connectivity index (χ1) is 12.2. The van der Waals surface area contributed by atoms with Gasteiger partial charge in [-0.25, -0.2) is 0 Å². The zero-order chi connectivity index (χ0) is 18.1. The molecule has 0 aliphatic heterocycles. The molecule has 0 aliphatic rings. The van der Waals surface area contributed by atoms with Crippen molar-refractivity contribution in [1.82, 2.24) is 0 Å². The second kappa shape index (κ2) is 10.4. The maximum atomic E-state index is 2.50. The minimum absolute atomic E-state index is 1.22. The lowest BCUT2D eigenvalue weighted by atomic mass is 9.83. The summed E-state index contributed by atoms with van der Waals surface area (Å²) in [7, 11) is 0. The smallest absolute Gasteiger partial charge is 0.0120 e. The van der Waals surface area contributed by atoms with Crippen LogP contribution in [0, 0.1) is 6.92 Å². The molecule has 0 unspecified atom stereocenters. The van der Waals surface area contributed by atoms with Gasteiger partial charge in [-0.3, -0.25) is 0 Å². The van der Waals surface area contributed by atoms with Gasteiger partial charge in [0.15, 0.2) is 0 Å². The summed E-state index contributed by atoms with van der Waals surface area (Å²) in [4.78, 5) is 0. The van der Waals surface area contributed by atoms with E-state index in [0.717, 1.165) is 0 Å². The van der Waals surface area contributed by atoms with Crippen molar-refractivity contribution in [3.63, 3.8) is 0 Å². The van der Waals surface area contributed by atoms with Crippen LogP contribution in [-0.2, 0) is 19.3 Å². The summed E-state index contributed by atoms with van der Waals surface area (Å²) >= 11 is 0. The maximum Gasteiger partial charge on any atom is -0.0120 e. The average Bonchev–Trinajstić information content (AvgIpc) is 2.64. The summed E-state index contributed by atoms with van der Waals surface area (Å²) < 4.78 is 0. The number of unbranched alkanes of at least 4 members (excludes halogenated alkanes) is 3. The van der Waals surface area contributed by atoms with Crippen molar-refractivity contribution in [3.05, 3.63) is 58.7 Å². The van der Waals surface area contributed by atoms with E-state index in [-0.39, 0.29) is 0 Å². The van der Waals surface area contributed by atoms with Crippen LogP contribution in [0.5, 0.6) is 0 Å². The molecule has 0 saturated carbocycles. The standard InChI is InChI=1S/C25H36/c1-5-8-14-22-19-20(4)25(21-15-12-11-13-16-21)24(18-10-7-3)23(22)17-9-6-2/h11-13,15-16,19H,5-10,14,17-18H2,1-4H3. The van der Waals surface area contributed by atoms with Crippen LogP contribution in [-0.4, -0.2) is 0 Å². The first-order valence-corrected chi connectivity index (χ1v) is 10.4. The van der Waals surface area contributed by atoms with Gasteiger partial charge < -0.3 is 0 Å². The van der Waals surface area contributed by atoms with Crippen molar-refractivity contribution in [1.29, 1.82) is 0 Å². The molecule has 136 valence electrons. The summed E-state index contributed by atoms with van der Waals surface area (Å²) in [5, 5.41) is 0. The van der Waals surface area contributed by atoms with Crippen LogP contribution in [0.25, 0.3) is 11.1 Å². The van der Waals surface area contributed by atoms with Gasteiger partial charge in [-0.05, 0) is 78.8 Å².